The van der Waals surface area contributed by atoms with Crippen LogP contribution in [0.2, 0.25) is 5.02 Å². The van der Waals surface area contributed by atoms with Gasteiger partial charge in [-0.1, -0.05) is 23.7 Å². The zero-order valence-corrected chi connectivity index (χ0v) is 20.0. The molecule has 1 aliphatic rings. The number of carbonyl (C=O) groups is 3. The van der Waals surface area contributed by atoms with Gasteiger partial charge >= 0.3 is 6.03 Å². The first-order valence-electron chi connectivity index (χ1n) is 10.9. The minimum Gasteiger partial charge on any atom is -0.497 e. The van der Waals surface area contributed by atoms with E-state index in [1.165, 1.54) is 12.0 Å². The van der Waals surface area contributed by atoms with E-state index in [4.69, 9.17) is 21.1 Å². The molecule has 4 amide bonds. The molecule has 3 aromatic rings. The SMILES string of the molecule is COc1ccc(N2C(=O)C(CC(=O)Nc3ccc(Cl)cc3)N(Cc3cccc(OC)c3)C2=O)cc1. The number of nitrogens with one attached hydrogen (secondary N) is 1. The normalized spacial score (nSPS) is 15.3. The van der Waals surface area contributed by atoms with E-state index in [0.717, 1.165) is 10.5 Å². The van der Waals surface area contributed by atoms with E-state index < -0.39 is 23.9 Å². The van der Waals surface area contributed by atoms with Gasteiger partial charge in [-0.05, 0) is 66.2 Å². The van der Waals surface area contributed by atoms with Crippen molar-refractivity contribution in [3.63, 3.8) is 0 Å². The quantitative estimate of drug-likeness (QED) is 0.458. The molecule has 1 saturated heterocycles. The van der Waals surface area contributed by atoms with E-state index >= 15 is 0 Å². The van der Waals surface area contributed by atoms with E-state index in [2.05, 4.69) is 5.32 Å². The first-order valence-corrected chi connectivity index (χ1v) is 11.2. The van der Waals surface area contributed by atoms with Crippen LogP contribution in [-0.4, -0.2) is 43.0 Å². The maximum absolute atomic E-state index is 13.4. The predicted molar refractivity (Wildman–Crippen MR) is 133 cm³/mol. The lowest BCUT2D eigenvalue weighted by Gasteiger charge is -2.22. The van der Waals surface area contributed by atoms with Gasteiger partial charge in [-0.25, -0.2) is 9.69 Å². The summed E-state index contributed by atoms with van der Waals surface area (Å²) in [5.41, 5.74) is 1.71. The molecule has 1 heterocycles. The van der Waals surface area contributed by atoms with E-state index in [0.29, 0.717) is 27.9 Å². The first kappa shape index (κ1) is 24.1. The van der Waals surface area contributed by atoms with Gasteiger partial charge in [-0.15, -0.1) is 0 Å². The third-order valence-electron chi connectivity index (χ3n) is 5.64. The van der Waals surface area contributed by atoms with Gasteiger partial charge in [0.05, 0.1) is 26.3 Å². The van der Waals surface area contributed by atoms with Crippen molar-refractivity contribution in [3.05, 3.63) is 83.4 Å². The Labute approximate surface area is 208 Å². The number of methoxy groups -OCH3 is 2. The second-order valence-corrected chi connectivity index (χ2v) is 8.35. The van der Waals surface area contributed by atoms with Gasteiger partial charge < -0.3 is 19.7 Å². The van der Waals surface area contributed by atoms with Crippen molar-refractivity contribution in [2.75, 3.05) is 24.4 Å². The fourth-order valence-corrected chi connectivity index (χ4v) is 4.00. The Bertz CT molecular complexity index is 1230. The van der Waals surface area contributed by atoms with Crippen LogP contribution in [0.1, 0.15) is 12.0 Å². The highest BCUT2D eigenvalue weighted by atomic mass is 35.5. The fraction of sp³-hybridized carbons (Fsp3) is 0.192. The third kappa shape index (κ3) is 5.38. The molecule has 4 rings (SSSR count). The van der Waals surface area contributed by atoms with Crippen molar-refractivity contribution in [1.82, 2.24) is 4.90 Å². The van der Waals surface area contributed by atoms with Crippen LogP contribution in [0, 0.1) is 0 Å². The smallest absolute Gasteiger partial charge is 0.332 e. The Hall–Kier alpha value is -4.04. The highest BCUT2D eigenvalue weighted by Gasteiger charge is 2.46. The monoisotopic (exact) mass is 493 g/mol. The minimum absolute atomic E-state index is 0.132. The molecule has 1 N–H and O–H groups in total. The van der Waals surface area contributed by atoms with Crippen LogP contribution >= 0.6 is 11.6 Å². The Kier molecular flexibility index (Phi) is 7.22. The Morgan fingerprint density at radius 3 is 2.29 bits per heavy atom. The third-order valence-corrected chi connectivity index (χ3v) is 5.90. The first-order chi connectivity index (χ1) is 16.9. The number of urea groups is 1. The van der Waals surface area contributed by atoms with Gasteiger partial charge in [0.15, 0.2) is 0 Å². The number of hydrogen-bond donors (Lipinski definition) is 1. The van der Waals surface area contributed by atoms with Gasteiger partial charge in [0.25, 0.3) is 5.91 Å². The zero-order chi connectivity index (χ0) is 24.9. The molecule has 0 radical (unpaired) electrons. The van der Waals surface area contributed by atoms with Crippen molar-refractivity contribution < 1.29 is 23.9 Å². The molecule has 1 fully saturated rings. The summed E-state index contributed by atoms with van der Waals surface area (Å²) in [7, 11) is 3.09. The van der Waals surface area contributed by atoms with Crippen molar-refractivity contribution in [1.29, 1.82) is 0 Å². The number of halogens is 1. The lowest BCUT2D eigenvalue weighted by molar-refractivity contribution is -0.124. The summed E-state index contributed by atoms with van der Waals surface area (Å²) in [6.07, 6.45) is -0.205. The maximum atomic E-state index is 13.4. The van der Waals surface area contributed by atoms with Crippen molar-refractivity contribution >= 4 is 40.8 Å². The van der Waals surface area contributed by atoms with Crippen LogP contribution in [0.3, 0.4) is 0 Å². The van der Waals surface area contributed by atoms with Crippen LogP contribution in [0.15, 0.2) is 72.8 Å². The molecule has 0 aromatic heterocycles. The molecular formula is C26H24ClN3O5. The molecule has 0 saturated carbocycles. The number of hydrogen-bond acceptors (Lipinski definition) is 5. The summed E-state index contributed by atoms with van der Waals surface area (Å²) in [6.45, 7) is 0.132. The topological polar surface area (TPSA) is 88.2 Å². The molecule has 180 valence electrons. The molecule has 1 unspecified atom stereocenters. The summed E-state index contributed by atoms with van der Waals surface area (Å²) in [5.74, 6) is 0.351. The predicted octanol–water partition coefficient (Wildman–Crippen LogP) is 4.72. The van der Waals surface area contributed by atoms with E-state index in [9.17, 15) is 14.4 Å². The lowest BCUT2D eigenvalue weighted by atomic mass is 10.1. The molecule has 0 bridgehead atoms. The van der Waals surface area contributed by atoms with Gasteiger partial charge in [0.2, 0.25) is 5.91 Å². The maximum Gasteiger partial charge on any atom is 0.332 e. The summed E-state index contributed by atoms with van der Waals surface area (Å²) in [6, 6.07) is 19.0. The molecule has 3 aromatic carbocycles. The second-order valence-electron chi connectivity index (χ2n) is 7.91. The van der Waals surface area contributed by atoms with Crippen LogP contribution in [0.4, 0.5) is 16.2 Å². The summed E-state index contributed by atoms with van der Waals surface area (Å²) >= 11 is 5.91. The number of benzene rings is 3. The van der Waals surface area contributed by atoms with Crippen molar-refractivity contribution in [2.24, 2.45) is 0 Å². The van der Waals surface area contributed by atoms with Crippen LogP contribution in [0.5, 0.6) is 11.5 Å². The van der Waals surface area contributed by atoms with Gasteiger partial charge in [-0.2, -0.15) is 0 Å². The Morgan fingerprint density at radius 2 is 1.63 bits per heavy atom. The lowest BCUT2D eigenvalue weighted by Crippen LogP contribution is -2.37. The van der Waals surface area contributed by atoms with Crippen LogP contribution in [-0.2, 0) is 16.1 Å². The number of ether oxygens (including phenoxy) is 2. The molecule has 0 aliphatic carbocycles. The van der Waals surface area contributed by atoms with E-state index in [-0.39, 0.29) is 13.0 Å². The van der Waals surface area contributed by atoms with Crippen LogP contribution in [0.25, 0.3) is 0 Å². The average molecular weight is 494 g/mol. The standard InChI is InChI=1S/C26H24ClN3O5/c1-34-21-12-10-20(11-13-21)30-25(32)23(15-24(31)28-19-8-6-18(27)7-9-19)29(26(30)33)16-17-4-3-5-22(14-17)35-2/h3-14,23H,15-16H2,1-2H3,(H,28,31). The summed E-state index contributed by atoms with van der Waals surface area (Å²) < 4.78 is 10.5. The highest BCUT2D eigenvalue weighted by molar-refractivity contribution is 6.30. The largest absolute Gasteiger partial charge is 0.497 e. The number of anilines is 2. The van der Waals surface area contributed by atoms with Gasteiger partial charge in [0, 0.05) is 17.3 Å². The average Bonchev–Trinajstić information content (AvgIpc) is 3.09. The van der Waals surface area contributed by atoms with Crippen molar-refractivity contribution in [2.45, 2.75) is 19.0 Å². The molecule has 1 atom stereocenters. The summed E-state index contributed by atoms with van der Waals surface area (Å²) in [4.78, 5) is 42.2. The molecule has 1 aliphatic heterocycles. The zero-order valence-electron chi connectivity index (χ0n) is 19.2. The fourth-order valence-electron chi connectivity index (χ4n) is 3.87. The second kappa shape index (κ2) is 10.5. The number of amides is 4. The molecular weight excluding hydrogens is 470 g/mol. The van der Waals surface area contributed by atoms with Gasteiger partial charge in [0.1, 0.15) is 17.5 Å². The molecule has 0 spiro atoms. The van der Waals surface area contributed by atoms with Gasteiger partial charge in [-0.3, -0.25) is 9.59 Å². The molecule has 35 heavy (non-hydrogen) atoms. The Balaban J connectivity index is 1.61. The minimum atomic E-state index is -0.983. The van der Waals surface area contributed by atoms with Crippen LogP contribution < -0.4 is 19.7 Å². The van der Waals surface area contributed by atoms with E-state index in [1.807, 2.05) is 6.07 Å². The van der Waals surface area contributed by atoms with E-state index in [1.54, 1.807) is 73.8 Å². The Morgan fingerprint density at radius 1 is 0.943 bits per heavy atom. The summed E-state index contributed by atoms with van der Waals surface area (Å²) in [5, 5.41) is 3.30. The highest BCUT2D eigenvalue weighted by Crippen LogP contribution is 2.30. The number of carbonyl (C=O) groups excluding carboxylic acids is 3. The number of rotatable bonds is 8. The number of imide groups is 1. The van der Waals surface area contributed by atoms with Crippen molar-refractivity contribution in [3.8, 4) is 11.5 Å². The number of nitrogens with zero attached hydrogens (tertiary/aromatic N) is 2. The molecule has 8 nitrogen and oxygen atoms in total. The molecule has 9 heteroatoms.